The Kier molecular flexibility index (Phi) is 6.69. The van der Waals surface area contributed by atoms with Gasteiger partial charge in [-0.15, -0.1) is 11.3 Å². The van der Waals surface area contributed by atoms with Gasteiger partial charge < -0.3 is 4.90 Å². The van der Waals surface area contributed by atoms with Gasteiger partial charge in [0.2, 0.25) is 5.91 Å². The molecule has 0 saturated carbocycles. The summed E-state index contributed by atoms with van der Waals surface area (Å²) in [5, 5.41) is 10.1. The minimum atomic E-state index is -4.77. The molecule has 0 N–H and O–H groups in total. The molecule has 2 atom stereocenters. The molecule has 6 nitrogen and oxygen atoms in total. The lowest BCUT2D eigenvalue weighted by atomic mass is 10.1. The zero-order valence-electron chi connectivity index (χ0n) is 16.5. The SMILES string of the molecule is C[C@@H](Sc1nc(-c2cccs2)cc(C(F)(F)F)c1C#N)C(=O)N(C)[C@@H]1CCS(=O)(=O)C1. The Balaban J connectivity index is 1.93. The lowest BCUT2D eigenvalue weighted by Gasteiger charge is -2.26. The topological polar surface area (TPSA) is 91.1 Å². The van der Waals surface area contributed by atoms with E-state index >= 15 is 0 Å². The van der Waals surface area contributed by atoms with Gasteiger partial charge in [-0.3, -0.25) is 4.79 Å². The van der Waals surface area contributed by atoms with Crippen molar-refractivity contribution < 1.29 is 26.4 Å². The molecule has 1 aliphatic rings. The number of halogens is 3. The molecule has 2 aromatic rings. The van der Waals surface area contributed by atoms with Crippen molar-refractivity contribution in [3.63, 3.8) is 0 Å². The highest BCUT2D eigenvalue weighted by atomic mass is 32.2. The molecular formula is C19H18F3N3O3S3. The van der Waals surface area contributed by atoms with Crippen LogP contribution < -0.4 is 0 Å². The first-order chi connectivity index (χ1) is 14.4. The summed E-state index contributed by atoms with van der Waals surface area (Å²) in [5.41, 5.74) is -1.67. The predicted molar refractivity (Wildman–Crippen MR) is 112 cm³/mol. The Morgan fingerprint density at radius 3 is 2.68 bits per heavy atom. The maximum atomic E-state index is 13.6. The second-order valence-electron chi connectivity index (χ2n) is 7.09. The number of carbonyl (C=O) groups excluding carboxylic acids is 1. The van der Waals surface area contributed by atoms with Crippen molar-refractivity contribution in [3.8, 4) is 16.6 Å². The molecule has 12 heteroatoms. The van der Waals surface area contributed by atoms with Crippen molar-refractivity contribution in [2.45, 2.75) is 35.8 Å². The van der Waals surface area contributed by atoms with Crippen molar-refractivity contribution in [1.29, 1.82) is 5.26 Å². The summed E-state index contributed by atoms with van der Waals surface area (Å²) in [5.74, 6) is -0.581. The monoisotopic (exact) mass is 489 g/mol. The van der Waals surface area contributed by atoms with Gasteiger partial charge in [0.15, 0.2) is 9.84 Å². The molecule has 0 radical (unpaired) electrons. The van der Waals surface area contributed by atoms with E-state index in [0.29, 0.717) is 11.3 Å². The number of nitrogens with zero attached hydrogens (tertiary/aromatic N) is 3. The summed E-state index contributed by atoms with van der Waals surface area (Å²) in [4.78, 5) is 18.9. The summed E-state index contributed by atoms with van der Waals surface area (Å²) in [6.45, 7) is 1.50. The first kappa shape index (κ1) is 23.6. The Morgan fingerprint density at radius 1 is 1.45 bits per heavy atom. The molecule has 0 spiro atoms. The third-order valence-electron chi connectivity index (χ3n) is 4.92. The summed E-state index contributed by atoms with van der Waals surface area (Å²) in [7, 11) is -1.72. The minimum absolute atomic E-state index is 0.00521. The van der Waals surface area contributed by atoms with Gasteiger partial charge >= 0.3 is 6.18 Å². The van der Waals surface area contributed by atoms with Gasteiger partial charge in [0.1, 0.15) is 11.1 Å². The third kappa shape index (κ3) is 5.22. The number of hydrogen-bond donors (Lipinski definition) is 0. The summed E-state index contributed by atoms with van der Waals surface area (Å²) >= 11 is 1.97. The van der Waals surface area contributed by atoms with Crippen LogP contribution in [0.5, 0.6) is 0 Å². The molecular weight excluding hydrogens is 471 g/mol. The zero-order valence-corrected chi connectivity index (χ0v) is 19.0. The van der Waals surface area contributed by atoms with Gasteiger partial charge in [-0.25, -0.2) is 13.4 Å². The number of thioether (sulfide) groups is 1. The number of alkyl halides is 3. The van der Waals surface area contributed by atoms with Crippen LogP contribution in [0.1, 0.15) is 24.5 Å². The first-order valence-corrected chi connectivity index (χ1v) is 12.7. The summed E-state index contributed by atoms with van der Waals surface area (Å²) < 4.78 is 64.3. The quantitative estimate of drug-likeness (QED) is 0.593. The number of pyridine rings is 1. The third-order valence-corrected chi connectivity index (χ3v) is 8.63. The fraction of sp³-hybridized carbons (Fsp3) is 0.421. The van der Waals surface area contributed by atoms with Gasteiger partial charge in [0.25, 0.3) is 0 Å². The highest BCUT2D eigenvalue weighted by Gasteiger charge is 2.38. The number of aromatic nitrogens is 1. The van der Waals surface area contributed by atoms with Crippen LogP contribution in [0.3, 0.4) is 0 Å². The fourth-order valence-electron chi connectivity index (χ4n) is 3.25. The molecule has 0 aromatic carbocycles. The zero-order chi connectivity index (χ0) is 23.0. The second-order valence-corrected chi connectivity index (χ2v) is 11.6. The molecule has 1 fully saturated rings. The Bertz CT molecular complexity index is 1130. The standard InChI is InChI=1S/C19H18F3N3O3S3/c1-11(18(26)25(2)12-5-7-31(27,28)10-12)30-17-13(9-23)14(19(20,21)22)8-15(24-17)16-4-3-6-29-16/h3-4,6,8,11-12H,5,7,10H2,1-2H3/t11-,12-/m1/s1. The maximum absolute atomic E-state index is 13.6. The molecule has 3 heterocycles. The number of amides is 1. The van der Waals surface area contributed by atoms with E-state index in [-0.39, 0.29) is 22.2 Å². The first-order valence-electron chi connectivity index (χ1n) is 9.13. The smallest absolute Gasteiger partial charge is 0.341 e. The van der Waals surface area contributed by atoms with E-state index in [9.17, 15) is 31.6 Å². The van der Waals surface area contributed by atoms with Gasteiger partial charge in [0, 0.05) is 13.1 Å². The highest BCUT2D eigenvalue weighted by molar-refractivity contribution is 8.00. The molecule has 0 aliphatic carbocycles. The average molecular weight is 490 g/mol. The van der Waals surface area contributed by atoms with Gasteiger partial charge in [-0.1, -0.05) is 17.8 Å². The molecule has 2 aromatic heterocycles. The van der Waals surface area contributed by atoms with Crippen LogP contribution in [0.2, 0.25) is 0 Å². The van der Waals surface area contributed by atoms with Crippen molar-refractivity contribution >= 4 is 38.8 Å². The maximum Gasteiger partial charge on any atom is 0.417 e. The van der Waals surface area contributed by atoms with Crippen molar-refractivity contribution in [2.75, 3.05) is 18.6 Å². The van der Waals surface area contributed by atoms with Crippen molar-refractivity contribution in [1.82, 2.24) is 9.88 Å². The molecule has 0 bridgehead atoms. The number of nitriles is 1. The second kappa shape index (κ2) is 8.80. The fourth-order valence-corrected chi connectivity index (χ4v) is 6.74. The molecule has 1 aliphatic heterocycles. The van der Waals surface area contributed by atoms with Gasteiger partial charge in [-0.2, -0.15) is 18.4 Å². The van der Waals surface area contributed by atoms with Crippen LogP contribution in [0.15, 0.2) is 28.6 Å². The largest absolute Gasteiger partial charge is 0.417 e. The normalized spacial score (nSPS) is 19.0. The molecule has 31 heavy (non-hydrogen) atoms. The van der Waals surface area contributed by atoms with Crippen LogP contribution in [0, 0.1) is 11.3 Å². The van der Waals surface area contributed by atoms with Crippen LogP contribution in [0.25, 0.3) is 10.6 Å². The minimum Gasteiger partial charge on any atom is -0.341 e. The van der Waals surface area contributed by atoms with Crippen LogP contribution in [-0.2, 0) is 20.8 Å². The van der Waals surface area contributed by atoms with Gasteiger partial charge in [-0.05, 0) is 30.9 Å². The predicted octanol–water partition coefficient (Wildman–Crippen LogP) is 3.83. The van der Waals surface area contributed by atoms with E-state index in [0.717, 1.165) is 17.8 Å². The van der Waals surface area contributed by atoms with Crippen LogP contribution >= 0.6 is 23.1 Å². The Hall–Kier alpha value is -2.10. The lowest BCUT2D eigenvalue weighted by molar-refractivity contribution is -0.138. The molecule has 0 unspecified atom stereocenters. The number of thiophene rings is 1. The Morgan fingerprint density at radius 2 is 2.16 bits per heavy atom. The number of hydrogen-bond acceptors (Lipinski definition) is 7. The van der Waals surface area contributed by atoms with E-state index in [4.69, 9.17) is 0 Å². The van der Waals surface area contributed by atoms with Crippen LogP contribution in [-0.4, -0.2) is 54.1 Å². The average Bonchev–Trinajstić information content (AvgIpc) is 3.35. The van der Waals surface area contributed by atoms with E-state index < -0.39 is 44.3 Å². The number of carbonyl (C=O) groups is 1. The summed E-state index contributed by atoms with van der Waals surface area (Å²) in [6, 6.07) is 5.24. The van der Waals surface area contributed by atoms with E-state index in [2.05, 4.69) is 4.98 Å². The van der Waals surface area contributed by atoms with E-state index in [1.165, 1.54) is 30.2 Å². The lowest BCUT2D eigenvalue weighted by Crippen LogP contribution is -2.41. The van der Waals surface area contributed by atoms with Crippen molar-refractivity contribution in [3.05, 3.63) is 34.7 Å². The number of sulfone groups is 1. The molecule has 1 amide bonds. The number of rotatable bonds is 5. The molecule has 1 saturated heterocycles. The Labute approximate surface area is 186 Å². The molecule has 3 rings (SSSR count). The van der Waals surface area contributed by atoms with Crippen LogP contribution in [0.4, 0.5) is 13.2 Å². The van der Waals surface area contributed by atoms with E-state index in [1.807, 2.05) is 0 Å². The van der Waals surface area contributed by atoms with E-state index in [1.54, 1.807) is 23.6 Å². The van der Waals surface area contributed by atoms with Gasteiger partial charge in [0.05, 0.1) is 38.5 Å². The highest BCUT2D eigenvalue weighted by Crippen LogP contribution is 2.39. The summed E-state index contributed by atoms with van der Waals surface area (Å²) in [6.07, 6.45) is -4.45. The molecule has 166 valence electrons. The van der Waals surface area contributed by atoms with Crippen molar-refractivity contribution in [2.24, 2.45) is 0 Å².